The van der Waals surface area contributed by atoms with Gasteiger partial charge in [-0.3, -0.25) is 4.79 Å². The first-order valence-corrected chi connectivity index (χ1v) is 8.86. The van der Waals surface area contributed by atoms with Crippen LogP contribution in [-0.2, 0) is 14.3 Å². The van der Waals surface area contributed by atoms with Crippen molar-refractivity contribution < 1.29 is 14.3 Å². The van der Waals surface area contributed by atoms with E-state index >= 15 is 0 Å². The summed E-state index contributed by atoms with van der Waals surface area (Å²) in [5.41, 5.74) is 0.415. The molecule has 1 N–H and O–H groups in total. The number of piperidine rings is 1. The molecule has 1 aromatic rings. The zero-order valence-electron chi connectivity index (χ0n) is 13.8. The van der Waals surface area contributed by atoms with Gasteiger partial charge in [-0.2, -0.15) is 0 Å². The van der Waals surface area contributed by atoms with E-state index in [1.807, 2.05) is 23.1 Å². The van der Waals surface area contributed by atoms with Crippen molar-refractivity contribution in [3.8, 4) is 0 Å². The number of amides is 1. The van der Waals surface area contributed by atoms with Crippen molar-refractivity contribution in [1.29, 1.82) is 0 Å². The van der Waals surface area contributed by atoms with E-state index in [0.717, 1.165) is 36.0 Å². The molecule has 0 saturated carbocycles. The van der Waals surface area contributed by atoms with Crippen LogP contribution < -0.4 is 5.32 Å². The van der Waals surface area contributed by atoms with Gasteiger partial charge in [0.2, 0.25) is 0 Å². The number of hydrogen-bond acceptors (Lipinski definition) is 4. The molecule has 0 aromatic heterocycles. The van der Waals surface area contributed by atoms with Crippen LogP contribution in [0.2, 0.25) is 0 Å². The summed E-state index contributed by atoms with van der Waals surface area (Å²) in [5, 5.41) is 3.29. The first kappa shape index (κ1) is 19.7. The third kappa shape index (κ3) is 4.11. The first-order chi connectivity index (χ1) is 11.1. The normalized spacial score (nSPS) is 23.4. The minimum absolute atomic E-state index is 0. The lowest BCUT2D eigenvalue weighted by Crippen LogP contribution is -2.57. The molecule has 0 spiro atoms. The van der Waals surface area contributed by atoms with E-state index in [-0.39, 0.29) is 24.4 Å². The Morgan fingerprint density at radius 3 is 2.83 bits per heavy atom. The molecule has 7 heteroatoms. The maximum atomic E-state index is 13.1. The summed E-state index contributed by atoms with van der Waals surface area (Å²) in [5.74, 6) is 0.102. The van der Waals surface area contributed by atoms with E-state index < -0.39 is 5.60 Å². The smallest absolute Gasteiger partial charge is 0.255 e. The molecule has 5 nitrogen and oxygen atoms in total. The van der Waals surface area contributed by atoms with Crippen LogP contribution in [0.25, 0.3) is 0 Å². The third-order valence-electron chi connectivity index (χ3n) is 4.77. The van der Waals surface area contributed by atoms with Gasteiger partial charge in [-0.15, -0.1) is 12.4 Å². The number of benzene rings is 1. The van der Waals surface area contributed by atoms with Gasteiger partial charge in [-0.1, -0.05) is 28.1 Å². The van der Waals surface area contributed by atoms with Crippen LogP contribution in [0.4, 0.5) is 0 Å². The Balaban J connectivity index is 0.00000208. The quantitative estimate of drug-likeness (QED) is 0.818. The maximum absolute atomic E-state index is 13.1. The van der Waals surface area contributed by atoms with Crippen molar-refractivity contribution in [3.05, 3.63) is 34.3 Å². The Morgan fingerprint density at radius 1 is 1.42 bits per heavy atom. The van der Waals surface area contributed by atoms with E-state index in [1.165, 1.54) is 0 Å². The number of halogens is 2. The van der Waals surface area contributed by atoms with Gasteiger partial charge in [-0.05, 0) is 43.6 Å². The van der Waals surface area contributed by atoms with E-state index in [0.29, 0.717) is 19.7 Å². The maximum Gasteiger partial charge on any atom is 0.255 e. The SMILES string of the molecule is COC1(C(=O)N2CCOC(c3cccc(Br)c3)C2)CCNCC1.Cl. The molecule has 1 aromatic carbocycles. The van der Waals surface area contributed by atoms with Gasteiger partial charge in [-0.25, -0.2) is 0 Å². The summed E-state index contributed by atoms with van der Waals surface area (Å²) < 4.78 is 12.6. The second-order valence-corrected chi connectivity index (χ2v) is 7.03. The van der Waals surface area contributed by atoms with Gasteiger partial charge >= 0.3 is 0 Å². The Kier molecular flexibility index (Phi) is 7.07. The Hall–Kier alpha value is -0.660. The minimum Gasteiger partial charge on any atom is -0.370 e. The highest BCUT2D eigenvalue weighted by atomic mass is 79.9. The number of ether oxygens (including phenoxy) is 2. The molecule has 2 aliphatic heterocycles. The molecule has 24 heavy (non-hydrogen) atoms. The number of carbonyl (C=O) groups excluding carboxylic acids is 1. The third-order valence-corrected chi connectivity index (χ3v) is 5.26. The molecule has 1 unspecified atom stereocenters. The van der Waals surface area contributed by atoms with Gasteiger partial charge in [0.25, 0.3) is 5.91 Å². The summed E-state index contributed by atoms with van der Waals surface area (Å²) in [7, 11) is 1.65. The summed E-state index contributed by atoms with van der Waals surface area (Å²) in [6.07, 6.45) is 1.36. The average Bonchev–Trinajstić information content (AvgIpc) is 2.62. The number of carbonyl (C=O) groups is 1. The molecule has 0 bridgehead atoms. The molecule has 134 valence electrons. The topological polar surface area (TPSA) is 50.8 Å². The molecule has 2 saturated heterocycles. The predicted molar refractivity (Wildman–Crippen MR) is 98.5 cm³/mol. The van der Waals surface area contributed by atoms with Gasteiger partial charge in [0, 0.05) is 18.1 Å². The molecular weight excluding hydrogens is 396 g/mol. The fraction of sp³-hybridized carbons (Fsp3) is 0.588. The fourth-order valence-electron chi connectivity index (χ4n) is 3.37. The monoisotopic (exact) mass is 418 g/mol. The van der Waals surface area contributed by atoms with Crippen LogP contribution in [0, 0.1) is 0 Å². The Labute approximate surface area is 157 Å². The van der Waals surface area contributed by atoms with Gasteiger partial charge in [0.1, 0.15) is 11.7 Å². The van der Waals surface area contributed by atoms with Crippen molar-refractivity contribution in [2.75, 3.05) is 39.9 Å². The van der Waals surface area contributed by atoms with Crippen LogP contribution in [0.3, 0.4) is 0 Å². The fourth-order valence-corrected chi connectivity index (χ4v) is 3.78. The van der Waals surface area contributed by atoms with Crippen molar-refractivity contribution in [3.63, 3.8) is 0 Å². The molecule has 0 radical (unpaired) electrons. The lowest BCUT2D eigenvalue weighted by Gasteiger charge is -2.41. The van der Waals surface area contributed by atoms with Crippen LogP contribution >= 0.6 is 28.3 Å². The number of nitrogens with zero attached hydrogens (tertiary/aromatic N) is 1. The first-order valence-electron chi connectivity index (χ1n) is 8.07. The highest BCUT2D eigenvalue weighted by Gasteiger charge is 2.43. The van der Waals surface area contributed by atoms with Gasteiger partial charge < -0.3 is 19.7 Å². The lowest BCUT2D eigenvalue weighted by molar-refractivity contribution is -0.165. The summed E-state index contributed by atoms with van der Waals surface area (Å²) in [6, 6.07) is 8.08. The van der Waals surface area contributed by atoms with Crippen LogP contribution in [-0.4, -0.2) is 56.3 Å². The second-order valence-electron chi connectivity index (χ2n) is 6.11. The number of rotatable bonds is 3. The van der Waals surface area contributed by atoms with Crippen molar-refractivity contribution in [1.82, 2.24) is 10.2 Å². The highest BCUT2D eigenvalue weighted by Crippen LogP contribution is 2.29. The van der Waals surface area contributed by atoms with E-state index in [4.69, 9.17) is 9.47 Å². The van der Waals surface area contributed by atoms with Crippen molar-refractivity contribution in [2.24, 2.45) is 0 Å². The molecule has 0 aliphatic carbocycles. The molecule has 2 aliphatic rings. The van der Waals surface area contributed by atoms with Crippen LogP contribution in [0.5, 0.6) is 0 Å². The minimum atomic E-state index is -0.676. The lowest BCUT2D eigenvalue weighted by atomic mass is 9.90. The molecule has 1 atom stereocenters. The predicted octanol–water partition coefficient (Wildman–Crippen LogP) is 2.54. The van der Waals surface area contributed by atoms with Crippen molar-refractivity contribution in [2.45, 2.75) is 24.5 Å². The summed E-state index contributed by atoms with van der Waals surface area (Å²) in [4.78, 5) is 15.0. The van der Waals surface area contributed by atoms with Crippen LogP contribution in [0.1, 0.15) is 24.5 Å². The van der Waals surface area contributed by atoms with E-state index in [9.17, 15) is 4.79 Å². The number of methoxy groups -OCH3 is 1. The molecular formula is C17H24BrClN2O3. The number of hydrogen-bond donors (Lipinski definition) is 1. The molecule has 1 amide bonds. The Bertz CT molecular complexity index is 567. The molecule has 2 heterocycles. The second kappa shape index (κ2) is 8.63. The molecule has 2 fully saturated rings. The largest absolute Gasteiger partial charge is 0.370 e. The zero-order chi connectivity index (χ0) is 16.3. The zero-order valence-corrected chi connectivity index (χ0v) is 16.2. The van der Waals surface area contributed by atoms with Gasteiger partial charge in [0.05, 0.1) is 13.2 Å². The van der Waals surface area contributed by atoms with E-state index in [2.05, 4.69) is 27.3 Å². The number of morpholine rings is 1. The van der Waals surface area contributed by atoms with Crippen LogP contribution in [0.15, 0.2) is 28.7 Å². The highest BCUT2D eigenvalue weighted by molar-refractivity contribution is 9.10. The Morgan fingerprint density at radius 2 is 2.17 bits per heavy atom. The van der Waals surface area contributed by atoms with E-state index in [1.54, 1.807) is 7.11 Å². The summed E-state index contributed by atoms with van der Waals surface area (Å²) >= 11 is 3.49. The molecule has 3 rings (SSSR count). The standard InChI is InChI=1S/C17H23BrN2O3.ClH/c1-22-17(5-7-19-8-6-17)16(21)20-9-10-23-15(12-20)13-3-2-4-14(18)11-13;/h2-4,11,15,19H,5-10,12H2,1H3;1H. The summed E-state index contributed by atoms with van der Waals surface area (Å²) in [6.45, 7) is 3.40. The van der Waals surface area contributed by atoms with Crippen molar-refractivity contribution >= 4 is 34.2 Å². The average molecular weight is 420 g/mol. The van der Waals surface area contributed by atoms with Gasteiger partial charge in [0.15, 0.2) is 0 Å². The number of nitrogens with one attached hydrogen (secondary N) is 1.